The number of benzene rings is 2. The van der Waals surface area contributed by atoms with Crippen LogP contribution in [0.4, 0.5) is 10.1 Å². The molecular formula is C24H20FN5O2. The summed E-state index contributed by atoms with van der Waals surface area (Å²) in [6.45, 7) is -0.429. The normalized spacial score (nSPS) is 10.5. The van der Waals surface area contributed by atoms with Gasteiger partial charge in [-0.3, -0.25) is 14.0 Å². The maximum Gasteiger partial charge on any atom is 0.257 e. The van der Waals surface area contributed by atoms with Crippen molar-refractivity contribution in [2.24, 2.45) is 7.05 Å². The minimum absolute atomic E-state index is 0.223. The fourth-order valence-corrected chi connectivity index (χ4v) is 3.33. The van der Waals surface area contributed by atoms with Crippen molar-refractivity contribution < 1.29 is 9.13 Å². The van der Waals surface area contributed by atoms with E-state index in [9.17, 15) is 9.18 Å². The van der Waals surface area contributed by atoms with Crippen molar-refractivity contribution in [2.75, 3.05) is 12.2 Å². The molecule has 160 valence electrons. The van der Waals surface area contributed by atoms with E-state index in [-0.39, 0.29) is 5.56 Å². The van der Waals surface area contributed by atoms with Gasteiger partial charge < -0.3 is 10.1 Å². The van der Waals surface area contributed by atoms with Crippen molar-refractivity contribution in [3.05, 3.63) is 94.7 Å². The van der Waals surface area contributed by atoms with Gasteiger partial charge in [-0.15, -0.1) is 0 Å². The Morgan fingerprint density at radius 1 is 1.12 bits per heavy atom. The lowest BCUT2D eigenvalue weighted by molar-refractivity contribution is 0.192. The van der Waals surface area contributed by atoms with E-state index in [0.717, 1.165) is 16.7 Å². The molecule has 0 fully saturated rings. The molecule has 0 saturated carbocycles. The van der Waals surface area contributed by atoms with Crippen LogP contribution in [0.5, 0.6) is 5.75 Å². The first kappa shape index (κ1) is 20.9. The molecule has 4 aromatic rings. The Morgan fingerprint density at radius 2 is 1.88 bits per heavy atom. The number of rotatable bonds is 7. The van der Waals surface area contributed by atoms with Gasteiger partial charge >= 0.3 is 0 Å². The lowest BCUT2D eigenvalue weighted by Gasteiger charge is -2.15. The molecule has 0 saturated heterocycles. The SMILES string of the molecule is Cn1cc(-c2cn(-c3ccc(OCF)cc3)c(=O)cc2NCc2ccc(C#N)cc2)cn1. The van der Waals surface area contributed by atoms with E-state index in [4.69, 9.17) is 10.00 Å². The van der Waals surface area contributed by atoms with Gasteiger partial charge in [-0.1, -0.05) is 12.1 Å². The summed E-state index contributed by atoms with van der Waals surface area (Å²) in [5.41, 5.74) is 4.30. The van der Waals surface area contributed by atoms with Crippen LogP contribution in [0, 0.1) is 11.3 Å². The number of nitriles is 1. The van der Waals surface area contributed by atoms with Crippen LogP contribution >= 0.6 is 0 Å². The first-order valence-corrected chi connectivity index (χ1v) is 9.85. The van der Waals surface area contributed by atoms with Crippen molar-refractivity contribution >= 4 is 5.69 Å². The Kier molecular flexibility index (Phi) is 5.99. The Balaban J connectivity index is 1.70. The van der Waals surface area contributed by atoms with Gasteiger partial charge in [0.2, 0.25) is 6.86 Å². The minimum Gasteiger partial charge on any atom is -0.463 e. The number of hydrogen-bond donors (Lipinski definition) is 1. The fraction of sp³-hybridized carbons (Fsp3) is 0.125. The van der Waals surface area contributed by atoms with Gasteiger partial charge in [0, 0.05) is 54.6 Å². The second kappa shape index (κ2) is 9.18. The van der Waals surface area contributed by atoms with Crippen molar-refractivity contribution in [1.29, 1.82) is 5.26 Å². The third-order valence-corrected chi connectivity index (χ3v) is 4.97. The van der Waals surface area contributed by atoms with Crippen molar-refractivity contribution in [3.8, 4) is 28.6 Å². The topological polar surface area (TPSA) is 84.9 Å². The molecule has 2 aromatic carbocycles. The van der Waals surface area contributed by atoms with Gasteiger partial charge in [0.05, 0.1) is 17.8 Å². The molecule has 8 heteroatoms. The highest BCUT2D eigenvalue weighted by Crippen LogP contribution is 2.28. The quantitative estimate of drug-likeness (QED) is 0.480. The van der Waals surface area contributed by atoms with Crippen LogP contribution in [0.2, 0.25) is 0 Å². The van der Waals surface area contributed by atoms with E-state index in [1.807, 2.05) is 25.4 Å². The first-order chi connectivity index (χ1) is 15.6. The van der Waals surface area contributed by atoms with Crippen molar-refractivity contribution in [3.63, 3.8) is 0 Å². The molecule has 1 N–H and O–H groups in total. The Hall–Kier alpha value is -4.38. The second-order valence-corrected chi connectivity index (χ2v) is 7.12. The van der Waals surface area contributed by atoms with Crippen LogP contribution in [-0.4, -0.2) is 21.2 Å². The van der Waals surface area contributed by atoms with Gasteiger partial charge in [0.25, 0.3) is 5.56 Å². The third-order valence-electron chi connectivity index (χ3n) is 4.97. The van der Waals surface area contributed by atoms with Crippen LogP contribution in [-0.2, 0) is 13.6 Å². The van der Waals surface area contributed by atoms with Gasteiger partial charge in [0.15, 0.2) is 0 Å². The summed E-state index contributed by atoms with van der Waals surface area (Å²) >= 11 is 0. The summed E-state index contributed by atoms with van der Waals surface area (Å²) in [6.07, 6.45) is 5.36. The highest BCUT2D eigenvalue weighted by Gasteiger charge is 2.12. The standard InChI is InChI=1S/C24H20FN5O2/c1-29-14-19(13-28-29)22-15-30(20-6-8-21(9-7-20)32-16-25)24(31)10-23(22)27-12-18-4-2-17(11-26)3-5-18/h2-10,13-15,27H,12,16H2,1H3. The molecule has 0 aliphatic heterocycles. The maximum atomic E-state index is 12.9. The van der Waals surface area contributed by atoms with Crippen LogP contribution in [0.25, 0.3) is 16.8 Å². The van der Waals surface area contributed by atoms with Gasteiger partial charge in [-0.05, 0) is 42.0 Å². The molecule has 0 bridgehead atoms. The number of hydrogen-bond acceptors (Lipinski definition) is 5. The van der Waals surface area contributed by atoms with Gasteiger partial charge in [0.1, 0.15) is 5.75 Å². The Morgan fingerprint density at radius 3 is 2.50 bits per heavy atom. The number of nitrogens with zero attached hydrogens (tertiary/aromatic N) is 4. The number of nitrogens with one attached hydrogen (secondary N) is 1. The highest BCUT2D eigenvalue weighted by atomic mass is 19.1. The monoisotopic (exact) mass is 429 g/mol. The van der Waals surface area contributed by atoms with E-state index >= 15 is 0 Å². The zero-order valence-electron chi connectivity index (χ0n) is 17.3. The van der Waals surface area contributed by atoms with Crippen LogP contribution < -0.4 is 15.6 Å². The number of pyridine rings is 1. The minimum atomic E-state index is -0.913. The summed E-state index contributed by atoms with van der Waals surface area (Å²) < 4.78 is 20.4. The summed E-state index contributed by atoms with van der Waals surface area (Å²) in [5, 5.41) is 16.5. The predicted molar refractivity (Wildman–Crippen MR) is 119 cm³/mol. The van der Waals surface area contributed by atoms with E-state index in [2.05, 4.69) is 16.5 Å². The van der Waals surface area contributed by atoms with Crippen LogP contribution in [0.3, 0.4) is 0 Å². The third kappa shape index (κ3) is 4.52. The molecular weight excluding hydrogens is 409 g/mol. The lowest BCUT2D eigenvalue weighted by atomic mass is 10.1. The highest BCUT2D eigenvalue weighted by molar-refractivity contribution is 5.76. The van der Waals surface area contributed by atoms with Gasteiger partial charge in [-0.25, -0.2) is 4.39 Å². The molecule has 2 heterocycles. The van der Waals surface area contributed by atoms with Crippen LogP contribution in [0.1, 0.15) is 11.1 Å². The summed E-state index contributed by atoms with van der Waals surface area (Å²) in [7, 11) is 1.83. The predicted octanol–water partition coefficient (Wildman–Crippen LogP) is 4.03. The Labute approximate surface area is 183 Å². The molecule has 0 unspecified atom stereocenters. The Bertz CT molecular complexity index is 1320. The van der Waals surface area contributed by atoms with E-state index in [0.29, 0.717) is 29.2 Å². The van der Waals surface area contributed by atoms with E-state index < -0.39 is 6.86 Å². The largest absolute Gasteiger partial charge is 0.463 e. The zero-order valence-corrected chi connectivity index (χ0v) is 17.3. The van der Waals surface area contributed by atoms with E-state index in [1.54, 1.807) is 53.5 Å². The smallest absolute Gasteiger partial charge is 0.257 e. The summed E-state index contributed by atoms with van der Waals surface area (Å²) in [4.78, 5) is 12.9. The number of halogens is 1. The molecule has 0 aliphatic rings. The molecule has 7 nitrogen and oxygen atoms in total. The molecule has 0 amide bonds. The zero-order chi connectivity index (χ0) is 22.5. The summed E-state index contributed by atoms with van der Waals surface area (Å²) in [6, 6.07) is 17.5. The number of alkyl halides is 1. The number of aromatic nitrogens is 3. The number of aryl methyl sites for hydroxylation is 1. The molecule has 2 aromatic heterocycles. The lowest BCUT2D eigenvalue weighted by Crippen LogP contribution is -2.18. The first-order valence-electron chi connectivity index (χ1n) is 9.85. The van der Waals surface area contributed by atoms with E-state index in [1.165, 1.54) is 10.6 Å². The summed E-state index contributed by atoms with van der Waals surface area (Å²) in [5.74, 6) is 0.387. The molecule has 0 spiro atoms. The van der Waals surface area contributed by atoms with Crippen LogP contribution in [0.15, 0.2) is 78.0 Å². The molecule has 0 radical (unpaired) electrons. The maximum absolute atomic E-state index is 12.9. The van der Waals surface area contributed by atoms with Crippen molar-refractivity contribution in [2.45, 2.75) is 6.54 Å². The second-order valence-electron chi connectivity index (χ2n) is 7.12. The van der Waals surface area contributed by atoms with Gasteiger partial charge in [-0.2, -0.15) is 10.4 Å². The molecule has 0 aliphatic carbocycles. The number of ether oxygens (including phenoxy) is 1. The number of anilines is 1. The molecule has 32 heavy (non-hydrogen) atoms. The fourth-order valence-electron chi connectivity index (χ4n) is 3.33. The average molecular weight is 429 g/mol. The molecule has 0 atom stereocenters. The van der Waals surface area contributed by atoms with Crippen molar-refractivity contribution in [1.82, 2.24) is 14.3 Å². The average Bonchev–Trinajstić information content (AvgIpc) is 3.25. The molecule has 4 rings (SSSR count).